The Morgan fingerprint density at radius 2 is 1.62 bits per heavy atom. The number of hydrogen-bond donors (Lipinski definition) is 1. The molecule has 2 saturated heterocycles. The maximum atomic E-state index is 4.88. The normalized spacial score (nSPS) is 17.8. The van der Waals surface area contributed by atoms with E-state index in [-0.39, 0.29) is 24.0 Å². The quantitative estimate of drug-likeness (QED) is 0.341. The van der Waals surface area contributed by atoms with Crippen molar-refractivity contribution < 1.29 is 0 Å². The first-order valence-corrected chi connectivity index (χ1v) is 11.2. The maximum Gasteiger partial charge on any atom is 0.225 e. The molecule has 2 aromatic rings. The standard InChI is InChI=1S/C22H33N9.HI/c1-3-23-21(30-13-15-31(16-14-30)22-24-7-4-8-25-22)27-18-19-5-6-20(26-17-19)29-11-9-28(2)10-12-29;/h4-8,17H,3,9-16,18H2,1-2H3,(H,23,27);1H. The smallest absolute Gasteiger partial charge is 0.225 e. The minimum absolute atomic E-state index is 0. The van der Waals surface area contributed by atoms with Gasteiger partial charge in [0.2, 0.25) is 5.95 Å². The highest BCUT2D eigenvalue weighted by Crippen LogP contribution is 2.14. The zero-order valence-electron chi connectivity index (χ0n) is 19.0. The van der Waals surface area contributed by atoms with Crippen molar-refractivity contribution in [3.05, 3.63) is 42.4 Å². The lowest BCUT2D eigenvalue weighted by molar-refractivity contribution is 0.312. The van der Waals surface area contributed by atoms with Crippen molar-refractivity contribution in [3.8, 4) is 0 Å². The van der Waals surface area contributed by atoms with Crippen molar-refractivity contribution in [1.29, 1.82) is 0 Å². The van der Waals surface area contributed by atoms with E-state index >= 15 is 0 Å². The zero-order chi connectivity index (χ0) is 21.5. The molecule has 0 unspecified atom stereocenters. The van der Waals surface area contributed by atoms with Gasteiger partial charge in [0.1, 0.15) is 5.82 Å². The van der Waals surface area contributed by atoms with Crippen molar-refractivity contribution in [2.45, 2.75) is 13.5 Å². The van der Waals surface area contributed by atoms with Crippen LogP contribution in [0.3, 0.4) is 0 Å². The molecule has 10 heteroatoms. The Morgan fingerprint density at radius 1 is 0.938 bits per heavy atom. The Balaban J connectivity index is 0.00000289. The van der Waals surface area contributed by atoms with Crippen LogP contribution in [-0.2, 0) is 6.54 Å². The van der Waals surface area contributed by atoms with Crippen LogP contribution in [0.5, 0.6) is 0 Å². The second kappa shape index (κ2) is 12.1. The number of aliphatic imine (C=N–C) groups is 1. The maximum absolute atomic E-state index is 4.88. The van der Waals surface area contributed by atoms with Gasteiger partial charge in [-0.15, -0.1) is 24.0 Å². The third-order valence-corrected chi connectivity index (χ3v) is 5.80. The van der Waals surface area contributed by atoms with Crippen molar-refractivity contribution in [1.82, 2.24) is 30.1 Å². The van der Waals surface area contributed by atoms with Gasteiger partial charge in [0.15, 0.2) is 5.96 Å². The lowest BCUT2D eigenvalue weighted by atomic mass is 10.2. The lowest BCUT2D eigenvalue weighted by Crippen LogP contribution is -2.52. The summed E-state index contributed by atoms with van der Waals surface area (Å²) < 4.78 is 0. The topological polar surface area (TPSA) is 76.0 Å². The van der Waals surface area contributed by atoms with Gasteiger partial charge in [0.25, 0.3) is 0 Å². The molecule has 0 bridgehead atoms. The molecule has 2 aromatic heterocycles. The number of likely N-dealkylation sites (N-methyl/N-ethyl adjacent to an activating group) is 1. The van der Waals surface area contributed by atoms with Gasteiger partial charge in [-0.05, 0) is 31.7 Å². The third-order valence-electron chi connectivity index (χ3n) is 5.80. The Hall–Kier alpha value is -2.21. The van der Waals surface area contributed by atoms with Crippen molar-refractivity contribution in [3.63, 3.8) is 0 Å². The summed E-state index contributed by atoms with van der Waals surface area (Å²) in [5.41, 5.74) is 1.13. The highest BCUT2D eigenvalue weighted by molar-refractivity contribution is 14.0. The predicted molar refractivity (Wildman–Crippen MR) is 140 cm³/mol. The van der Waals surface area contributed by atoms with Gasteiger partial charge in [-0.3, -0.25) is 0 Å². The van der Waals surface area contributed by atoms with E-state index in [1.54, 1.807) is 12.4 Å². The number of pyridine rings is 1. The molecule has 2 aliphatic heterocycles. The van der Waals surface area contributed by atoms with Crippen LogP contribution in [-0.4, -0.2) is 96.7 Å². The average Bonchev–Trinajstić information content (AvgIpc) is 2.83. The second-order valence-corrected chi connectivity index (χ2v) is 8.01. The largest absolute Gasteiger partial charge is 0.357 e. The molecule has 4 rings (SSSR count). The Bertz CT molecular complexity index is 830. The van der Waals surface area contributed by atoms with Gasteiger partial charge < -0.3 is 24.9 Å². The molecule has 4 heterocycles. The molecule has 0 spiro atoms. The predicted octanol–water partition coefficient (Wildman–Crippen LogP) is 1.53. The van der Waals surface area contributed by atoms with Gasteiger partial charge in [0, 0.05) is 77.5 Å². The Morgan fingerprint density at radius 3 is 2.25 bits per heavy atom. The van der Waals surface area contributed by atoms with Crippen LogP contribution < -0.4 is 15.1 Å². The van der Waals surface area contributed by atoms with E-state index in [1.807, 2.05) is 12.3 Å². The number of hydrogen-bond acceptors (Lipinski definition) is 7. The molecule has 0 saturated carbocycles. The van der Waals surface area contributed by atoms with E-state index in [2.05, 4.69) is 61.0 Å². The molecule has 32 heavy (non-hydrogen) atoms. The van der Waals surface area contributed by atoms with Crippen LogP contribution in [0.4, 0.5) is 11.8 Å². The van der Waals surface area contributed by atoms with Crippen molar-refractivity contribution in [2.24, 2.45) is 4.99 Å². The summed E-state index contributed by atoms with van der Waals surface area (Å²) in [6, 6.07) is 6.13. The molecular formula is C22H34IN9. The molecule has 0 aromatic carbocycles. The fraction of sp³-hybridized carbons (Fsp3) is 0.545. The van der Waals surface area contributed by atoms with Crippen LogP contribution in [0, 0.1) is 0 Å². The first-order chi connectivity index (χ1) is 15.2. The zero-order valence-corrected chi connectivity index (χ0v) is 21.4. The molecule has 0 radical (unpaired) electrons. The van der Waals surface area contributed by atoms with Crippen LogP contribution in [0.2, 0.25) is 0 Å². The molecule has 0 aliphatic carbocycles. The summed E-state index contributed by atoms with van der Waals surface area (Å²) in [5.74, 6) is 2.82. The summed E-state index contributed by atoms with van der Waals surface area (Å²) in [6.07, 6.45) is 5.55. The highest BCUT2D eigenvalue weighted by atomic mass is 127. The van der Waals surface area contributed by atoms with Gasteiger partial charge in [0.05, 0.1) is 6.54 Å². The minimum atomic E-state index is 0. The van der Waals surface area contributed by atoms with Crippen LogP contribution in [0.15, 0.2) is 41.8 Å². The van der Waals surface area contributed by atoms with Gasteiger partial charge >= 0.3 is 0 Å². The fourth-order valence-electron chi connectivity index (χ4n) is 3.90. The number of nitrogens with one attached hydrogen (secondary N) is 1. The molecule has 2 fully saturated rings. The molecule has 0 atom stereocenters. The van der Waals surface area contributed by atoms with Gasteiger partial charge in [-0.25, -0.2) is 19.9 Å². The fourth-order valence-corrected chi connectivity index (χ4v) is 3.90. The number of anilines is 2. The SMILES string of the molecule is CCNC(=NCc1ccc(N2CCN(C)CC2)nc1)N1CCN(c2ncccn2)CC1.I. The monoisotopic (exact) mass is 551 g/mol. The average molecular weight is 551 g/mol. The third kappa shape index (κ3) is 6.41. The van der Waals surface area contributed by atoms with E-state index < -0.39 is 0 Å². The Kier molecular flexibility index (Phi) is 9.27. The van der Waals surface area contributed by atoms with Gasteiger partial charge in [-0.2, -0.15) is 0 Å². The molecule has 1 N–H and O–H groups in total. The number of piperazine rings is 2. The molecule has 9 nitrogen and oxygen atoms in total. The number of guanidine groups is 1. The summed E-state index contributed by atoms with van der Waals surface area (Å²) in [6.45, 7) is 11.4. The molecule has 2 aliphatic rings. The van der Waals surface area contributed by atoms with Crippen molar-refractivity contribution in [2.75, 3.05) is 75.8 Å². The summed E-state index contributed by atoms with van der Waals surface area (Å²) in [7, 11) is 2.17. The number of halogens is 1. The van der Waals surface area contributed by atoms with E-state index in [1.165, 1.54) is 0 Å². The number of nitrogens with zero attached hydrogens (tertiary/aromatic N) is 8. The van der Waals surface area contributed by atoms with Crippen LogP contribution in [0.1, 0.15) is 12.5 Å². The van der Waals surface area contributed by atoms with E-state index in [9.17, 15) is 0 Å². The first kappa shape index (κ1) is 24.4. The van der Waals surface area contributed by atoms with Crippen LogP contribution in [0.25, 0.3) is 0 Å². The minimum Gasteiger partial charge on any atom is -0.357 e. The van der Waals surface area contributed by atoms with E-state index in [0.29, 0.717) is 6.54 Å². The van der Waals surface area contributed by atoms with Gasteiger partial charge in [-0.1, -0.05) is 6.07 Å². The highest BCUT2D eigenvalue weighted by Gasteiger charge is 2.21. The van der Waals surface area contributed by atoms with Crippen molar-refractivity contribution >= 4 is 41.7 Å². The molecule has 0 amide bonds. The second-order valence-electron chi connectivity index (χ2n) is 8.01. The molecule has 174 valence electrons. The van der Waals surface area contributed by atoms with E-state index in [0.717, 1.165) is 82.2 Å². The summed E-state index contributed by atoms with van der Waals surface area (Å²) in [4.78, 5) is 27.6. The Labute approximate surface area is 208 Å². The summed E-state index contributed by atoms with van der Waals surface area (Å²) >= 11 is 0. The molecular weight excluding hydrogens is 517 g/mol. The van der Waals surface area contributed by atoms with E-state index in [4.69, 9.17) is 9.98 Å². The number of aromatic nitrogens is 3. The lowest BCUT2D eigenvalue weighted by Gasteiger charge is -2.36. The summed E-state index contributed by atoms with van der Waals surface area (Å²) in [5, 5.41) is 3.44. The van der Waals surface area contributed by atoms with Crippen LogP contribution >= 0.6 is 24.0 Å². The first-order valence-electron chi connectivity index (χ1n) is 11.2. The number of rotatable bonds is 5.